The molecule has 0 radical (unpaired) electrons. The molecule has 0 spiro atoms. The third-order valence-corrected chi connectivity index (χ3v) is 3.38. The first-order chi connectivity index (χ1) is 7.16. The largest absolute Gasteiger partial charge is 0.393 e. The number of ether oxygens (including phenoxy) is 1. The maximum Gasteiger partial charge on any atom is 0.314 e. The van der Waals surface area contributed by atoms with Crippen LogP contribution >= 0.6 is 22.6 Å². The van der Waals surface area contributed by atoms with Crippen LogP contribution in [-0.4, -0.2) is 11.9 Å². The number of esters is 2. The molecule has 0 unspecified atom stereocenters. The van der Waals surface area contributed by atoms with E-state index >= 15 is 0 Å². The summed E-state index contributed by atoms with van der Waals surface area (Å²) in [7, 11) is 0. The standard InChI is InChI=1S/C11H9IO3/c12-9-4-2-1-3-8(9)7-5-10(13)15-11(14)6-7/h1-4,7H,5-6H2. The van der Waals surface area contributed by atoms with Gasteiger partial charge in [-0.2, -0.15) is 0 Å². The van der Waals surface area contributed by atoms with Crippen molar-refractivity contribution in [3.05, 3.63) is 33.4 Å². The molecule has 1 saturated heterocycles. The van der Waals surface area contributed by atoms with E-state index in [0.717, 1.165) is 9.13 Å². The molecule has 15 heavy (non-hydrogen) atoms. The maximum atomic E-state index is 11.1. The monoisotopic (exact) mass is 316 g/mol. The van der Waals surface area contributed by atoms with Crippen LogP contribution in [0.5, 0.6) is 0 Å². The average Bonchev–Trinajstić information content (AvgIpc) is 2.16. The van der Waals surface area contributed by atoms with Gasteiger partial charge in [-0.25, -0.2) is 0 Å². The van der Waals surface area contributed by atoms with E-state index in [-0.39, 0.29) is 5.92 Å². The molecule has 1 aliphatic rings. The van der Waals surface area contributed by atoms with Gasteiger partial charge in [0.25, 0.3) is 0 Å². The Hall–Kier alpha value is -0.910. The summed E-state index contributed by atoms with van der Waals surface area (Å²) in [6.45, 7) is 0. The molecule has 2 rings (SSSR count). The number of hydrogen-bond acceptors (Lipinski definition) is 3. The second kappa shape index (κ2) is 4.30. The minimum Gasteiger partial charge on any atom is -0.393 e. The molecule has 0 N–H and O–H groups in total. The van der Waals surface area contributed by atoms with Crippen molar-refractivity contribution >= 4 is 34.5 Å². The predicted octanol–water partition coefficient (Wildman–Crippen LogP) is 2.24. The van der Waals surface area contributed by atoms with Crippen molar-refractivity contribution in [3.63, 3.8) is 0 Å². The fraction of sp³-hybridized carbons (Fsp3) is 0.273. The van der Waals surface area contributed by atoms with Gasteiger partial charge in [0.05, 0.1) is 12.8 Å². The van der Waals surface area contributed by atoms with Crippen molar-refractivity contribution in [2.75, 3.05) is 0 Å². The van der Waals surface area contributed by atoms with Crippen molar-refractivity contribution in [1.82, 2.24) is 0 Å². The van der Waals surface area contributed by atoms with Crippen LogP contribution in [0.1, 0.15) is 24.3 Å². The molecule has 1 heterocycles. The number of hydrogen-bond donors (Lipinski definition) is 0. The Morgan fingerprint density at radius 2 is 1.73 bits per heavy atom. The molecule has 0 atom stereocenters. The molecule has 1 aliphatic heterocycles. The molecule has 3 nitrogen and oxygen atoms in total. The van der Waals surface area contributed by atoms with E-state index in [9.17, 15) is 9.59 Å². The lowest BCUT2D eigenvalue weighted by atomic mass is 9.91. The Bertz CT molecular complexity index is 398. The zero-order chi connectivity index (χ0) is 10.8. The highest BCUT2D eigenvalue weighted by Gasteiger charge is 2.29. The molecule has 78 valence electrons. The normalized spacial score (nSPS) is 17.7. The third-order valence-electron chi connectivity index (χ3n) is 2.40. The first-order valence-electron chi connectivity index (χ1n) is 4.65. The third kappa shape index (κ3) is 2.37. The lowest BCUT2D eigenvalue weighted by Crippen LogP contribution is -2.24. The van der Waals surface area contributed by atoms with E-state index in [2.05, 4.69) is 27.3 Å². The quantitative estimate of drug-likeness (QED) is 0.453. The zero-order valence-corrected chi connectivity index (χ0v) is 10.1. The number of carbonyl (C=O) groups excluding carboxylic acids is 2. The van der Waals surface area contributed by atoms with Gasteiger partial charge in [-0.05, 0) is 34.2 Å². The van der Waals surface area contributed by atoms with Crippen LogP contribution in [0.25, 0.3) is 0 Å². The highest BCUT2D eigenvalue weighted by atomic mass is 127. The van der Waals surface area contributed by atoms with E-state index in [4.69, 9.17) is 0 Å². The Morgan fingerprint density at radius 1 is 1.13 bits per heavy atom. The zero-order valence-electron chi connectivity index (χ0n) is 7.90. The molecule has 4 heteroatoms. The second-order valence-electron chi connectivity index (χ2n) is 3.47. The van der Waals surface area contributed by atoms with Gasteiger partial charge in [0, 0.05) is 9.49 Å². The van der Waals surface area contributed by atoms with Gasteiger partial charge in [-0.3, -0.25) is 9.59 Å². The van der Waals surface area contributed by atoms with Crippen molar-refractivity contribution in [2.45, 2.75) is 18.8 Å². The SMILES string of the molecule is O=C1CC(c2ccccc2I)CC(=O)O1. The fourth-order valence-electron chi connectivity index (χ4n) is 1.71. The van der Waals surface area contributed by atoms with Crippen LogP contribution < -0.4 is 0 Å². The maximum absolute atomic E-state index is 11.1. The van der Waals surface area contributed by atoms with Gasteiger partial charge in [0.15, 0.2) is 0 Å². The smallest absolute Gasteiger partial charge is 0.314 e. The second-order valence-corrected chi connectivity index (χ2v) is 4.63. The minimum absolute atomic E-state index is 0.0214. The number of cyclic esters (lactones) is 2. The van der Waals surface area contributed by atoms with Gasteiger partial charge >= 0.3 is 11.9 Å². The first kappa shape index (κ1) is 10.6. The summed E-state index contributed by atoms with van der Waals surface area (Å²) < 4.78 is 5.58. The van der Waals surface area contributed by atoms with E-state index < -0.39 is 11.9 Å². The number of carbonyl (C=O) groups is 2. The molecule has 0 saturated carbocycles. The van der Waals surface area contributed by atoms with Crippen molar-refractivity contribution < 1.29 is 14.3 Å². The predicted molar refractivity (Wildman–Crippen MR) is 62.2 cm³/mol. The molecule has 0 bridgehead atoms. The molecule has 0 amide bonds. The summed E-state index contributed by atoms with van der Waals surface area (Å²) in [6, 6.07) is 7.79. The van der Waals surface area contributed by atoms with Crippen LogP contribution in [0, 0.1) is 3.57 Å². The van der Waals surface area contributed by atoms with Gasteiger partial charge in [-0.15, -0.1) is 0 Å². The Kier molecular flexibility index (Phi) is 3.04. The Balaban J connectivity index is 2.27. The van der Waals surface area contributed by atoms with E-state index in [0.29, 0.717) is 12.8 Å². The number of benzene rings is 1. The lowest BCUT2D eigenvalue weighted by Gasteiger charge is -2.20. The minimum atomic E-state index is -0.420. The van der Waals surface area contributed by atoms with Gasteiger partial charge in [-0.1, -0.05) is 18.2 Å². The van der Waals surface area contributed by atoms with Crippen LogP contribution in [0.3, 0.4) is 0 Å². The van der Waals surface area contributed by atoms with Crippen LogP contribution in [0.2, 0.25) is 0 Å². The van der Waals surface area contributed by atoms with Crippen molar-refractivity contribution in [1.29, 1.82) is 0 Å². The van der Waals surface area contributed by atoms with E-state index in [1.54, 1.807) is 0 Å². The number of rotatable bonds is 1. The summed E-state index contributed by atoms with van der Waals surface area (Å²) in [4.78, 5) is 22.2. The molecule has 1 aromatic rings. The van der Waals surface area contributed by atoms with Crippen molar-refractivity contribution in [3.8, 4) is 0 Å². The summed E-state index contributed by atoms with van der Waals surface area (Å²) in [5.41, 5.74) is 1.06. The molecular formula is C11H9IO3. The molecule has 0 aliphatic carbocycles. The Morgan fingerprint density at radius 3 is 2.33 bits per heavy atom. The van der Waals surface area contributed by atoms with Crippen LogP contribution in [-0.2, 0) is 14.3 Å². The highest BCUT2D eigenvalue weighted by Crippen LogP contribution is 2.30. The molecule has 1 aromatic carbocycles. The van der Waals surface area contributed by atoms with Crippen molar-refractivity contribution in [2.24, 2.45) is 0 Å². The van der Waals surface area contributed by atoms with Crippen LogP contribution in [0.15, 0.2) is 24.3 Å². The Labute approximate surface area is 101 Å². The highest BCUT2D eigenvalue weighted by molar-refractivity contribution is 14.1. The van der Waals surface area contributed by atoms with Gasteiger partial charge in [0.1, 0.15) is 0 Å². The number of halogens is 1. The first-order valence-corrected chi connectivity index (χ1v) is 5.72. The summed E-state index contributed by atoms with van der Waals surface area (Å²) in [5, 5.41) is 0. The molecular weight excluding hydrogens is 307 g/mol. The molecule has 1 fully saturated rings. The van der Waals surface area contributed by atoms with Gasteiger partial charge in [0.2, 0.25) is 0 Å². The summed E-state index contributed by atoms with van der Waals surface area (Å²) in [5.74, 6) is -0.862. The van der Waals surface area contributed by atoms with E-state index in [1.165, 1.54) is 0 Å². The molecule has 0 aromatic heterocycles. The summed E-state index contributed by atoms with van der Waals surface area (Å²) >= 11 is 2.21. The summed E-state index contributed by atoms with van der Waals surface area (Å²) in [6.07, 6.45) is 0.595. The average molecular weight is 316 g/mol. The topological polar surface area (TPSA) is 43.4 Å². The lowest BCUT2D eigenvalue weighted by molar-refractivity contribution is -0.163. The van der Waals surface area contributed by atoms with E-state index in [1.807, 2.05) is 24.3 Å². The van der Waals surface area contributed by atoms with Gasteiger partial charge < -0.3 is 4.74 Å². The van der Waals surface area contributed by atoms with Crippen LogP contribution in [0.4, 0.5) is 0 Å². The fourth-order valence-corrected chi connectivity index (χ4v) is 2.54.